The Bertz CT molecular complexity index is 904. The van der Waals surface area contributed by atoms with E-state index in [0.29, 0.717) is 33.3 Å². The first-order chi connectivity index (χ1) is 13.2. The molecule has 0 fully saturated rings. The number of halogens is 2. The summed E-state index contributed by atoms with van der Waals surface area (Å²) in [5, 5.41) is 17.6. The van der Waals surface area contributed by atoms with E-state index in [1.54, 1.807) is 42.5 Å². The van der Waals surface area contributed by atoms with Crippen LogP contribution in [0.1, 0.15) is 25.8 Å². The van der Waals surface area contributed by atoms with Gasteiger partial charge in [0, 0.05) is 27.3 Å². The van der Waals surface area contributed by atoms with Gasteiger partial charge in [-0.1, -0.05) is 41.4 Å². The lowest BCUT2D eigenvalue weighted by Gasteiger charge is -2.42. The highest BCUT2D eigenvalue weighted by molar-refractivity contribution is 9.10. The van der Waals surface area contributed by atoms with Gasteiger partial charge in [-0.15, -0.1) is 0 Å². The van der Waals surface area contributed by atoms with Crippen molar-refractivity contribution in [1.29, 1.82) is 0 Å². The van der Waals surface area contributed by atoms with Crippen molar-refractivity contribution in [2.45, 2.75) is 26.0 Å². The highest BCUT2D eigenvalue weighted by Crippen LogP contribution is 2.41. The second-order valence-electron chi connectivity index (χ2n) is 7.04. The average molecular weight is 467 g/mol. The minimum atomic E-state index is -2.22. The molecule has 0 saturated carbocycles. The number of carbonyl (C=O) groups is 2. The number of amides is 3. The number of nitrogens with zero attached hydrogens (tertiary/aromatic N) is 1. The molecule has 0 saturated heterocycles. The first-order valence-electron chi connectivity index (χ1n) is 8.91. The molecule has 0 spiro atoms. The number of benzene rings is 2. The van der Waals surface area contributed by atoms with Gasteiger partial charge in [0.05, 0.1) is 5.69 Å². The molecule has 0 radical (unpaired) electrons. The molecule has 2 aromatic carbocycles. The number of urea groups is 1. The molecule has 0 aliphatic carbocycles. The van der Waals surface area contributed by atoms with Gasteiger partial charge in [-0.3, -0.25) is 9.69 Å². The maximum atomic E-state index is 13.1. The van der Waals surface area contributed by atoms with E-state index in [0.717, 1.165) is 11.3 Å². The summed E-state index contributed by atoms with van der Waals surface area (Å²) < 4.78 is 0.673. The highest BCUT2D eigenvalue weighted by atomic mass is 79.9. The second-order valence-corrected chi connectivity index (χ2v) is 8.39. The van der Waals surface area contributed by atoms with Crippen LogP contribution in [-0.4, -0.2) is 23.6 Å². The minimum Gasteiger partial charge on any atom is -0.359 e. The summed E-state index contributed by atoms with van der Waals surface area (Å²) in [5.74, 6) is -0.282. The Balaban J connectivity index is 2.10. The van der Waals surface area contributed by atoms with Gasteiger partial charge < -0.3 is 15.7 Å². The standard InChI is InChI=1S/C20H21BrClN3O3/c1-12(2)9-10-23-18(26)20(28)16-11-13(21)3-8-17(16)24-19(27)25(20)15-6-4-14(22)5-7-15/h3-8,11-12,28H,9-10H2,1-2H3,(H,23,26)(H,24,27)/t20-/m1/s1. The molecular weight excluding hydrogens is 446 g/mol. The Hall–Kier alpha value is -2.09. The predicted molar refractivity (Wildman–Crippen MR) is 113 cm³/mol. The molecule has 1 aliphatic rings. The van der Waals surface area contributed by atoms with E-state index >= 15 is 0 Å². The van der Waals surface area contributed by atoms with E-state index in [4.69, 9.17) is 11.6 Å². The molecule has 0 bridgehead atoms. The Labute approximate surface area is 177 Å². The zero-order valence-electron chi connectivity index (χ0n) is 15.5. The number of nitrogens with one attached hydrogen (secondary N) is 2. The van der Waals surface area contributed by atoms with E-state index in [1.165, 1.54) is 0 Å². The monoisotopic (exact) mass is 465 g/mol. The van der Waals surface area contributed by atoms with Crippen molar-refractivity contribution in [3.05, 3.63) is 57.5 Å². The maximum absolute atomic E-state index is 13.1. The fourth-order valence-electron chi connectivity index (χ4n) is 3.07. The fourth-order valence-corrected chi connectivity index (χ4v) is 3.56. The molecule has 3 amide bonds. The smallest absolute Gasteiger partial charge is 0.329 e. The summed E-state index contributed by atoms with van der Waals surface area (Å²) in [7, 11) is 0. The maximum Gasteiger partial charge on any atom is 0.329 e. The predicted octanol–water partition coefficient (Wildman–Crippen LogP) is 4.46. The van der Waals surface area contributed by atoms with Crippen LogP contribution in [0.3, 0.4) is 0 Å². The fraction of sp³-hybridized carbons (Fsp3) is 0.300. The Morgan fingerprint density at radius 1 is 1.29 bits per heavy atom. The Morgan fingerprint density at radius 3 is 2.61 bits per heavy atom. The van der Waals surface area contributed by atoms with E-state index in [2.05, 4.69) is 26.6 Å². The van der Waals surface area contributed by atoms with Crippen molar-refractivity contribution < 1.29 is 14.7 Å². The van der Waals surface area contributed by atoms with Crippen molar-refractivity contribution in [3.8, 4) is 0 Å². The average Bonchev–Trinajstić information content (AvgIpc) is 2.63. The minimum absolute atomic E-state index is 0.276. The molecule has 28 heavy (non-hydrogen) atoms. The van der Waals surface area contributed by atoms with Crippen molar-refractivity contribution >= 4 is 50.8 Å². The molecule has 6 nitrogen and oxygen atoms in total. The summed E-state index contributed by atoms with van der Waals surface area (Å²) in [6, 6.07) is 10.7. The van der Waals surface area contributed by atoms with Crippen molar-refractivity contribution in [3.63, 3.8) is 0 Å². The molecule has 1 heterocycles. The number of aliphatic hydroxyl groups is 1. The highest BCUT2D eigenvalue weighted by Gasteiger charge is 2.52. The first kappa shape index (κ1) is 20.6. The largest absolute Gasteiger partial charge is 0.359 e. The molecule has 1 aliphatic heterocycles. The normalized spacial score (nSPS) is 18.6. The van der Waals surface area contributed by atoms with E-state index < -0.39 is 17.7 Å². The van der Waals surface area contributed by atoms with Gasteiger partial charge in [-0.05, 0) is 54.8 Å². The third-order valence-corrected chi connectivity index (χ3v) is 5.28. The molecule has 3 rings (SSSR count). The zero-order valence-corrected chi connectivity index (χ0v) is 17.8. The third-order valence-electron chi connectivity index (χ3n) is 4.53. The molecule has 0 unspecified atom stereocenters. The van der Waals surface area contributed by atoms with Crippen LogP contribution < -0.4 is 15.5 Å². The number of carbonyl (C=O) groups excluding carboxylic acids is 2. The summed E-state index contributed by atoms with van der Waals surface area (Å²) >= 11 is 9.33. The van der Waals surface area contributed by atoms with Gasteiger partial charge in [0.1, 0.15) is 0 Å². The Morgan fingerprint density at radius 2 is 1.96 bits per heavy atom. The molecule has 3 N–H and O–H groups in total. The van der Waals surface area contributed by atoms with Crippen LogP contribution in [0, 0.1) is 5.92 Å². The van der Waals surface area contributed by atoms with Crippen LogP contribution in [0.15, 0.2) is 46.9 Å². The molecule has 1 atom stereocenters. The summed E-state index contributed by atoms with van der Waals surface area (Å²) in [6.07, 6.45) is 0.750. The molecule has 2 aromatic rings. The van der Waals surface area contributed by atoms with Crippen LogP contribution in [-0.2, 0) is 10.5 Å². The van der Waals surface area contributed by atoms with Crippen LogP contribution in [0.4, 0.5) is 16.2 Å². The van der Waals surface area contributed by atoms with Gasteiger partial charge in [0.25, 0.3) is 11.6 Å². The van der Waals surface area contributed by atoms with Gasteiger partial charge in [-0.25, -0.2) is 4.79 Å². The number of anilines is 2. The lowest BCUT2D eigenvalue weighted by molar-refractivity contribution is -0.140. The van der Waals surface area contributed by atoms with E-state index in [1.807, 2.05) is 13.8 Å². The number of fused-ring (bicyclic) bond motifs is 1. The lowest BCUT2D eigenvalue weighted by atomic mass is 9.94. The SMILES string of the molecule is CC(C)CCNC(=O)[C@]1(O)c2cc(Br)ccc2NC(=O)N1c1ccc(Cl)cc1. The van der Waals surface area contributed by atoms with Crippen molar-refractivity contribution in [2.75, 3.05) is 16.8 Å². The van der Waals surface area contributed by atoms with Gasteiger partial charge in [0.15, 0.2) is 0 Å². The van der Waals surface area contributed by atoms with Crippen molar-refractivity contribution in [1.82, 2.24) is 5.32 Å². The quantitative estimate of drug-likeness (QED) is 0.608. The topological polar surface area (TPSA) is 81.7 Å². The van der Waals surface area contributed by atoms with E-state index in [9.17, 15) is 14.7 Å². The van der Waals surface area contributed by atoms with Gasteiger partial charge in [0.2, 0.25) is 0 Å². The van der Waals surface area contributed by atoms with Crippen LogP contribution in [0.5, 0.6) is 0 Å². The van der Waals surface area contributed by atoms with Crippen molar-refractivity contribution in [2.24, 2.45) is 5.92 Å². The third kappa shape index (κ3) is 3.87. The zero-order chi connectivity index (χ0) is 20.5. The number of hydrogen-bond acceptors (Lipinski definition) is 3. The second kappa shape index (κ2) is 8.11. The molecule has 0 aromatic heterocycles. The van der Waals surface area contributed by atoms with Crippen LogP contribution in [0.25, 0.3) is 0 Å². The Kier molecular flexibility index (Phi) is 5.98. The molecular formula is C20H21BrClN3O3. The number of hydrogen-bond donors (Lipinski definition) is 3. The lowest BCUT2D eigenvalue weighted by Crippen LogP contribution is -2.62. The summed E-state index contributed by atoms with van der Waals surface area (Å²) in [4.78, 5) is 27.1. The molecule has 148 valence electrons. The van der Waals surface area contributed by atoms with Gasteiger partial charge >= 0.3 is 6.03 Å². The van der Waals surface area contributed by atoms with Gasteiger partial charge in [-0.2, -0.15) is 0 Å². The first-order valence-corrected chi connectivity index (χ1v) is 10.1. The number of rotatable bonds is 5. The van der Waals surface area contributed by atoms with Crippen LogP contribution in [0.2, 0.25) is 5.02 Å². The summed E-state index contributed by atoms with van der Waals surface area (Å²) in [6.45, 7) is 4.47. The summed E-state index contributed by atoms with van der Waals surface area (Å²) in [5.41, 5.74) is -1.22. The van der Waals surface area contributed by atoms with E-state index in [-0.39, 0.29) is 5.56 Å². The van der Waals surface area contributed by atoms with Crippen LogP contribution >= 0.6 is 27.5 Å². The molecule has 8 heteroatoms.